The van der Waals surface area contributed by atoms with Gasteiger partial charge in [0.25, 0.3) is 0 Å². The number of anilines is 1. The van der Waals surface area contributed by atoms with Crippen LogP contribution < -0.4 is 10.2 Å². The van der Waals surface area contributed by atoms with Gasteiger partial charge in [-0.25, -0.2) is 4.98 Å². The van der Waals surface area contributed by atoms with E-state index in [-0.39, 0.29) is 11.9 Å². The van der Waals surface area contributed by atoms with E-state index in [1.807, 2.05) is 6.07 Å². The molecule has 1 aromatic heterocycles. The minimum Gasteiger partial charge on any atom is -0.353 e. The number of aromatic nitrogens is 1. The van der Waals surface area contributed by atoms with Crippen LogP contribution in [0.3, 0.4) is 0 Å². The number of hydrogen-bond donors (Lipinski definition) is 1. The number of halogens is 1. The molecule has 0 spiro atoms. The molecule has 0 aromatic carbocycles. The van der Waals surface area contributed by atoms with Crippen LogP contribution >= 0.6 is 11.6 Å². The van der Waals surface area contributed by atoms with E-state index in [2.05, 4.69) is 21.8 Å². The first-order valence-electron chi connectivity index (χ1n) is 5.49. The van der Waals surface area contributed by atoms with Crippen molar-refractivity contribution in [1.82, 2.24) is 10.3 Å². The van der Waals surface area contributed by atoms with E-state index in [0.29, 0.717) is 5.02 Å². The third-order valence-electron chi connectivity index (χ3n) is 2.76. The molecule has 1 aliphatic heterocycles. The van der Waals surface area contributed by atoms with Gasteiger partial charge in [-0.2, -0.15) is 0 Å². The number of carbonyl (C=O) groups excluding carboxylic acids is 1. The summed E-state index contributed by atoms with van der Waals surface area (Å²) >= 11 is 6.08. The fraction of sp³-hybridized carbons (Fsp3) is 0.333. The van der Waals surface area contributed by atoms with Crippen molar-refractivity contribution in [1.29, 1.82) is 0 Å². The van der Waals surface area contributed by atoms with Gasteiger partial charge in [-0.1, -0.05) is 18.2 Å². The molecule has 0 saturated carbocycles. The van der Waals surface area contributed by atoms with E-state index in [4.69, 9.17) is 11.6 Å². The van der Waals surface area contributed by atoms with Crippen molar-refractivity contribution in [2.24, 2.45) is 0 Å². The number of pyridine rings is 1. The average molecular weight is 252 g/mol. The second kappa shape index (κ2) is 5.19. The Morgan fingerprint density at radius 2 is 2.53 bits per heavy atom. The summed E-state index contributed by atoms with van der Waals surface area (Å²) in [6.45, 7) is 5.01. The highest BCUT2D eigenvalue weighted by atomic mass is 35.5. The molecule has 90 valence electrons. The molecule has 1 unspecified atom stereocenters. The van der Waals surface area contributed by atoms with Gasteiger partial charge in [-0.05, 0) is 24.6 Å². The summed E-state index contributed by atoms with van der Waals surface area (Å²) in [5.41, 5.74) is 0. The molecule has 4 nitrogen and oxygen atoms in total. The summed E-state index contributed by atoms with van der Waals surface area (Å²) < 4.78 is 0. The summed E-state index contributed by atoms with van der Waals surface area (Å²) in [6, 6.07) is 3.76. The van der Waals surface area contributed by atoms with E-state index in [0.717, 1.165) is 25.3 Å². The lowest BCUT2D eigenvalue weighted by molar-refractivity contribution is -0.117. The lowest BCUT2D eigenvalue weighted by Gasteiger charge is -2.18. The summed E-state index contributed by atoms with van der Waals surface area (Å²) in [5, 5.41) is 3.52. The monoisotopic (exact) mass is 251 g/mol. The van der Waals surface area contributed by atoms with Gasteiger partial charge >= 0.3 is 0 Å². The predicted molar refractivity (Wildman–Crippen MR) is 68.2 cm³/mol. The van der Waals surface area contributed by atoms with Gasteiger partial charge in [0.05, 0.1) is 5.02 Å². The quantitative estimate of drug-likeness (QED) is 0.831. The van der Waals surface area contributed by atoms with Gasteiger partial charge in [0.2, 0.25) is 5.91 Å². The first kappa shape index (κ1) is 11.9. The van der Waals surface area contributed by atoms with Crippen LogP contribution in [0.2, 0.25) is 5.02 Å². The first-order valence-corrected chi connectivity index (χ1v) is 5.87. The summed E-state index contributed by atoms with van der Waals surface area (Å²) in [5.74, 6) is 0.647. The normalized spacial score (nSPS) is 19.1. The molecule has 0 aliphatic carbocycles. The molecule has 5 heteroatoms. The number of hydrogen-bond acceptors (Lipinski definition) is 3. The third kappa shape index (κ3) is 2.77. The highest BCUT2D eigenvalue weighted by molar-refractivity contribution is 6.32. The predicted octanol–water partition coefficient (Wildman–Crippen LogP) is 1.62. The average Bonchev–Trinajstić information content (AvgIpc) is 2.78. The maximum absolute atomic E-state index is 11.2. The molecule has 1 amide bonds. The lowest BCUT2D eigenvalue weighted by Crippen LogP contribution is -2.36. The Labute approximate surface area is 105 Å². The van der Waals surface area contributed by atoms with Crippen LogP contribution in [0, 0.1) is 0 Å². The molecule has 2 rings (SSSR count). The molecule has 1 saturated heterocycles. The molecular formula is C12H14ClN3O. The largest absolute Gasteiger partial charge is 0.353 e. The molecule has 1 atom stereocenters. The second-order valence-corrected chi connectivity index (χ2v) is 4.36. The van der Waals surface area contributed by atoms with Crippen molar-refractivity contribution in [3.05, 3.63) is 36.0 Å². The van der Waals surface area contributed by atoms with Crippen LogP contribution in [0.15, 0.2) is 31.0 Å². The molecule has 2 heterocycles. The van der Waals surface area contributed by atoms with Gasteiger partial charge < -0.3 is 10.2 Å². The van der Waals surface area contributed by atoms with Gasteiger partial charge in [0, 0.05) is 25.3 Å². The molecular weight excluding hydrogens is 238 g/mol. The van der Waals surface area contributed by atoms with E-state index in [1.165, 1.54) is 6.08 Å². The van der Waals surface area contributed by atoms with Crippen LogP contribution in [-0.4, -0.2) is 30.0 Å². The van der Waals surface area contributed by atoms with Crippen molar-refractivity contribution in [3.63, 3.8) is 0 Å². The number of carbonyl (C=O) groups is 1. The topological polar surface area (TPSA) is 45.2 Å². The summed E-state index contributed by atoms with van der Waals surface area (Å²) in [4.78, 5) is 17.5. The fourth-order valence-corrected chi connectivity index (χ4v) is 2.18. The Morgan fingerprint density at radius 1 is 1.71 bits per heavy atom. The molecule has 1 N–H and O–H groups in total. The molecule has 1 aliphatic rings. The number of rotatable bonds is 3. The molecule has 0 radical (unpaired) electrons. The maximum Gasteiger partial charge on any atom is 0.243 e. The summed E-state index contributed by atoms with van der Waals surface area (Å²) in [7, 11) is 0. The van der Waals surface area contributed by atoms with Crippen LogP contribution in [0.1, 0.15) is 6.42 Å². The zero-order valence-corrected chi connectivity index (χ0v) is 10.2. The van der Waals surface area contributed by atoms with Crippen LogP contribution in [-0.2, 0) is 4.79 Å². The second-order valence-electron chi connectivity index (χ2n) is 3.95. The Morgan fingerprint density at radius 3 is 3.24 bits per heavy atom. The van der Waals surface area contributed by atoms with Gasteiger partial charge in [0.15, 0.2) is 0 Å². The molecule has 0 bridgehead atoms. The first-order chi connectivity index (χ1) is 8.20. The molecule has 1 fully saturated rings. The van der Waals surface area contributed by atoms with Crippen LogP contribution in [0.25, 0.3) is 0 Å². The van der Waals surface area contributed by atoms with Crippen molar-refractivity contribution < 1.29 is 4.79 Å². The van der Waals surface area contributed by atoms with Crippen molar-refractivity contribution >= 4 is 23.3 Å². The summed E-state index contributed by atoms with van der Waals surface area (Å²) in [6.07, 6.45) is 3.90. The van der Waals surface area contributed by atoms with E-state index in [1.54, 1.807) is 12.3 Å². The third-order valence-corrected chi connectivity index (χ3v) is 3.05. The van der Waals surface area contributed by atoms with Crippen molar-refractivity contribution in [2.45, 2.75) is 12.5 Å². The number of amides is 1. The Balaban J connectivity index is 2.01. The zero-order valence-electron chi connectivity index (χ0n) is 9.40. The fourth-order valence-electron chi connectivity index (χ4n) is 1.94. The van der Waals surface area contributed by atoms with Crippen LogP contribution in [0.4, 0.5) is 5.82 Å². The van der Waals surface area contributed by atoms with E-state index >= 15 is 0 Å². The van der Waals surface area contributed by atoms with Crippen LogP contribution in [0.5, 0.6) is 0 Å². The highest BCUT2D eigenvalue weighted by Gasteiger charge is 2.25. The van der Waals surface area contributed by atoms with Crippen molar-refractivity contribution in [2.75, 3.05) is 18.0 Å². The van der Waals surface area contributed by atoms with Crippen molar-refractivity contribution in [3.8, 4) is 0 Å². The Kier molecular flexibility index (Phi) is 3.64. The Hall–Kier alpha value is -1.55. The standard InChI is InChI=1S/C12H14ClN3O/c1-2-11(17)15-9-5-7-16(8-9)12-10(13)4-3-6-14-12/h2-4,6,9H,1,5,7-8H2,(H,15,17). The number of nitrogens with zero attached hydrogens (tertiary/aromatic N) is 2. The minimum absolute atomic E-state index is 0.135. The van der Waals surface area contributed by atoms with Gasteiger partial charge in [-0.3, -0.25) is 4.79 Å². The lowest BCUT2D eigenvalue weighted by atomic mass is 10.2. The molecule has 17 heavy (non-hydrogen) atoms. The minimum atomic E-state index is -0.135. The smallest absolute Gasteiger partial charge is 0.243 e. The van der Waals surface area contributed by atoms with Gasteiger partial charge in [0.1, 0.15) is 5.82 Å². The molecule has 1 aromatic rings. The van der Waals surface area contributed by atoms with E-state index < -0.39 is 0 Å². The van der Waals surface area contributed by atoms with E-state index in [9.17, 15) is 4.79 Å². The Bertz CT molecular complexity index is 436. The SMILES string of the molecule is C=CC(=O)NC1CCN(c2ncccc2Cl)C1. The maximum atomic E-state index is 11.2. The number of nitrogens with one attached hydrogen (secondary N) is 1. The highest BCUT2D eigenvalue weighted by Crippen LogP contribution is 2.25. The van der Waals surface area contributed by atoms with Gasteiger partial charge in [-0.15, -0.1) is 0 Å². The zero-order chi connectivity index (χ0) is 12.3.